The molecule has 0 unspecified atom stereocenters. The van der Waals surface area contributed by atoms with Crippen molar-refractivity contribution in [3.05, 3.63) is 35.9 Å². The fraction of sp³-hybridized carbons (Fsp3) is 0.455. The maximum atomic E-state index is 5.21. The third-order valence-electron chi connectivity index (χ3n) is 2.24. The normalized spacial score (nSPS) is 10.8. The summed E-state index contributed by atoms with van der Waals surface area (Å²) in [5.74, 6) is 2.21. The Kier molecular flexibility index (Phi) is 3.71. The molecule has 0 fully saturated rings. The number of furan rings is 1. The van der Waals surface area contributed by atoms with E-state index in [9.17, 15) is 0 Å². The van der Waals surface area contributed by atoms with Crippen molar-refractivity contribution < 1.29 is 8.94 Å². The van der Waals surface area contributed by atoms with Crippen molar-refractivity contribution in [2.24, 2.45) is 0 Å². The first-order valence-electron chi connectivity index (χ1n) is 5.37. The summed E-state index contributed by atoms with van der Waals surface area (Å²) in [6.07, 6.45) is 4.05. The molecule has 0 atom stereocenters. The topological polar surface area (TPSA) is 64.1 Å². The third kappa shape index (κ3) is 2.93. The molecule has 0 saturated carbocycles. The molecule has 0 aromatic carbocycles. The molecule has 5 nitrogen and oxygen atoms in total. The Labute approximate surface area is 93.8 Å². The van der Waals surface area contributed by atoms with Gasteiger partial charge >= 0.3 is 0 Å². The lowest BCUT2D eigenvalue weighted by Crippen LogP contribution is -2.08. The van der Waals surface area contributed by atoms with Gasteiger partial charge in [0.2, 0.25) is 5.89 Å². The molecule has 2 heterocycles. The molecule has 0 radical (unpaired) electrons. The Morgan fingerprint density at radius 2 is 2.38 bits per heavy atom. The van der Waals surface area contributed by atoms with E-state index in [1.54, 1.807) is 6.26 Å². The van der Waals surface area contributed by atoms with Crippen LogP contribution in [0, 0.1) is 0 Å². The standard InChI is InChI=1S/C11H15N3O2/c1-12-6-2-5-10-13-11(16-14-10)8-9-4-3-7-15-9/h3-4,7,12H,2,5-6,8H2,1H3. The zero-order chi connectivity index (χ0) is 11.2. The molecular formula is C11H15N3O2. The first-order valence-corrected chi connectivity index (χ1v) is 5.37. The summed E-state index contributed by atoms with van der Waals surface area (Å²) in [4.78, 5) is 4.29. The van der Waals surface area contributed by atoms with E-state index < -0.39 is 0 Å². The highest BCUT2D eigenvalue weighted by molar-refractivity contribution is 5.04. The summed E-state index contributed by atoms with van der Waals surface area (Å²) >= 11 is 0. The minimum atomic E-state index is 0.562. The first-order chi connectivity index (χ1) is 7.88. The number of aromatic nitrogens is 2. The van der Waals surface area contributed by atoms with Gasteiger partial charge < -0.3 is 14.3 Å². The maximum absolute atomic E-state index is 5.21. The summed E-state index contributed by atoms with van der Waals surface area (Å²) < 4.78 is 10.3. The summed E-state index contributed by atoms with van der Waals surface area (Å²) in [6.45, 7) is 0.960. The monoisotopic (exact) mass is 221 g/mol. The zero-order valence-corrected chi connectivity index (χ0v) is 9.27. The maximum Gasteiger partial charge on any atom is 0.234 e. The second-order valence-electron chi connectivity index (χ2n) is 3.57. The molecule has 0 aliphatic rings. The van der Waals surface area contributed by atoms with Crippen molar-refractivity contribution in [1.29, 1.82) is 0 Å². The highest BCUT2D eigenvalue weighted by atomic mass is 16.5. The minimum Gasteiger partial charge on any atom is -0.469 e. The van der Waals surface area contributed by atoms with Crippen LogP contribution in [0.1, 0.15) is 23.9 Å². The number of hydrogen-bond acceptors (Lipinski definition) is 5. The van der Waals surface area contributed by atoms with Gasteiger partial charge in [0.25, 0.3) is 0 Å². The fourth-order valence-corrected chi connectivity index (χ4v) is 1.45. The molecule has 2 rings (SSSR count). The second-order valence-corrected chi connectivity index (χ2v) is 3.57. The number of hydrogen-bond donors (Lipinski definition) is 1. The summed E-state index contributed by atoms with van der Waals surface area (Å²) in [7, 11) is 1.93. The van der Waals surface area contributed by atoms with Gasteiger partial charge in [-0.15, -0.1) is 0 Å². The van der Waals surface area contributed by atoms with Crippen LogP contribution >= 0.6 is 0 Å². The van der Waals surface area contributed by atoms with Crippen LogP contribution in [0.15, 0.2) is 27.3 Å². The largest absolute Gasteiger partial charge is 0.469 e. The molecule has 1 N–H and O–H groups in total. The Morgan fingerprint density at radius 3 is 3.12 bits per heavy atom. The molecule has 0 aliphatic heterocycles. The molecule has 0 bridgehead atoms. The number of nitrogens with zero attached hydrogens (tertiary/aromatic N) is 2. The molecule has 0 spiro atoms. The van der Waals surface area contributed by atoms with Gasteiger partial charge in [0.05, 0.1) is 12.7 Å². The van der Waals surface area contributed by atoms with Crippen LogP contribution in [-0.2, 0) is 12.8 Å². The fourth-order valence-electron chi connectivity index (χ4n) is 1.45. The molecule has 2 aromatic heterocycles. The Hall–Kier alpha value is -1.62. The van der Waals surface area contributed by atoms with Crippen molar-refractivity contribution >= 4 is 0 Å². The predicted octanol–water partition coefficient (Wildman–Crippen LogP) is 1.41. The number of rotatable bonds is 6. The quantitative estimate of drug-likeness (QED) is 0.747. The van der Waals surface area contributed by atoms with Crippen LogP contribution in [0.25, 0.3) is 0 Å². The Morgan fingerprint density at radius 1 is 1.44 bits per heavy atom. The van der Waals surface area contributed by atoms with Gasteiger partial charge in [0.1, 0.15) is 5.76 Å². The molecule has 86 valence electrons. The van der Waals surface area contributed by atoms with E-state index in [0.29, 0.717) is 12.3 Å². The van der Waals surface area contributed by atoms with Crippen molar-refractivity contribution in [2.45, 2.75) is 19.3 Å². The smallest absolute Gasteiger partial charge is 0.234 e. The van der Waals surface area contributed by atoms with E-state index in [2.05, 4.69) is 15.5 Å². The average molecular weight is 221 g/mol. The van der Waals surface area contributed by atoms with Gasteiger partial charge in [-0.2, -0.15) is 4.98 Å². The van der Waals surface area contributed by atoms with Crippen molar-refractivity contribution in [3.8, 4) is 0 Å². The molecule has 2 aromatic rings. The van der Waals surface area contributed by atoms with Crippen molar-refractivity contribution in [1.82, 2.24) is 15.5 Å². The van der Waals surface area contributed by atoms with Gasteiger partial charge in [-0.05, 0) is 32.1 Å². The van der Waals surface area contributed by atoms with Crippen LogP contribution in [0.3, 0.4) is 0 Å². The van der Waals surface area contributed by atoms with Crippen LogP contribution in [-0.4, -0.2) is 23.7 Å². The lowest BCUT2D eigenvalue weighted by molar-refractivity contribution is 0.370. The highest BCUT2D eigenvalue weighted by Gasteiger charge is 2.08. The van der Waals surface area contributed by atoms with Crippen molar-refractivity contribution in [2.75, 3.05) is 13.6 Å². The lowest BCUT2D eigenvalue weighted by atomic mass is 10.3. The Balaban J connectivity index is 1.87. The lowest BCUT2D eigenvalue weighted by Gasteiger charge is -1.93. The number of aryl methyl sites for hydroxylation is 1. The van der Waals surface area contributed by atoms with Crippen LogP contribution in [0.4, 0.5) is 0 Å². The van der Waals surface area contributed by atoms with Gasteiger partial charge in [-0.25, -0.2) is 0 Å². The van der Waals surface area contributed by atoms with Gasteiger partial charge in [-0.3, -0.25) is 0 Å². The van der Waals surface area contributed by atoms with Gasteiger partial charge in [0.15, 0.2) is 5.82 Å². The summed E-state index contributed by atoms with van der Waals surface area (Å²) in [5, 5.41) is 6.99. The van der Waals surface area contributed by atoms with E-state index in [4.69, 9.17) is 8.94 Å². The summed E-state index contributed by atoms with van der Waals surface area (Å²) in [5.41, 5.74) is 0. The van der Waals surface area contributed by atoms with Crippen LogP contribution in [0.2, 0.25) is 0 Å². The molecule has 0 saturated heterocycles. The predicted molar refractivity (Wildman–Crippen MR) is 58.1 cm³/mol. The van der Waals surface area contributed by atoms with E-state index in [1.807, 2.05) is 19.2 Å². The van der Waals surface area contributed by atoms with E-state index in [1.165, 1.54) is 0 Å². The average Bonchev–Trinajstić information content (AvgIpc) is 2.91. The van der Waals surface area contributed by atoms with Crippen molar-refractivity contribution in [3.63, 3.8) is 0 Å². The summed E-state index contributed by atoms with van der Waals surface area (Å²) in [6, 6.07) is 3.74. The Bertz CT molecular complexity index is 409. The number of nitrogens with one attached hydrogen (secondary N) is 1. The van der Waals surface area contributed by atoms with E-state index in [0.717, 1.165) is 31.0 Å². The SMILES string of the molecule is CNCCCc1noc(Cc2ccco2)n1. The first kappa shape index (κ1) is 10.9. The second kappa shape index (κ2) is 5.46. The third-order valence-corrected chi connectivity index (χ3v) is 2.24. The molecule has 5 heteroatoms. The highest BCUT2D eigenvalue weighted by Crippen LogP contribution is 2.08. The van der Waals surface area contributed by atoms with Crippen LogP contribution < -0.4 is 5.32 Å². The molecule has 0 amide bonds. The van der Waals surface area contributed by atoms with Gasteiger partial charge in [-0.1, -0.05) is 5.16 Å². The minimum absolute atomic E-state index is 0.562. The van der Waals surface area contributed by atoms with E-state index in [-0.39, 0.29) is 0 Å². The van der Waals surface area contributed by atoms with E-state index >= 15 is 0 Å². The van der Waals surface area contributed by atoms with Crippen LogP contribution in [0.5, 0.6) is 0 Å². The molecule has 16 heavy (non-hydrogen) atoms. The zero-order valence-electron chi connectivity index (χ0n) is 9.27. The molecular weight excluding hydrogens is 206 g/mol. The molecule has 0 aliphatic carbocycles. The van der Waals surface area contributed by atoms with Gasteiger partial charge in [0, 0.05) is 6.42 Å².